The zero-order valence-electron chi connectivity index (χ0n) is 16.1. The highest BCUT2D eigenvalue weighted by atomic mass is 79.9. The highest BCUT2D eigenvalue weighted by Gasteiger charge is 2.08. The van der Waals surface area contributed by atoms with Crippen LogP contribution in [0.3, 0.4) is 0 Å². The summed E-state index contributed by atoms with van der Waals surface area (Å²) in [5.41, 5.74) is 0.701. The van der Waals surface area contributed by atoms with Crippen LogP contribution in [0.1, 0.15) is 5.56 Å². The first-order valence-corrected chi connectivity index (χ1v) is 10.3. The maximum atomic E-state index is 10.3. The highest BCUT2D eigenvalue weighted by molar-refractivity contribution is 9.10. The molecule has 0 bridgehead atoms. The van der Waals surface area contributed by atoms with Crippen molar-refractivity contribution in [3.8, 4) is 29.1 Å². The minimum atomic E-state index is -0.937. The van der Waals surface area contributed by atoms with E-state index in [9.17, 15) is 5.11 Å². The fraction of sp³-hybridized carbons (Fsp3) is 0.0769. The lowest BCUT2D eigenvalue weighted by molar-refractivity contribution is 0.151. The summed E-state index contributed by atoms with van der Waals surface area (Å²) in [4.78, 5) is 0. The van der Waals surface area contributed by atoms with Crippen LogP contribution >= 0.6 is 15.9 Å². The van der Waals surface area contributed by atoms with Gasteiger partial charge in [-0.15, -0.1) is 0 Å². The Morgan fingerprint density at radius 2 is 1.53 bits per heavy atom. The van der Waals surface area contributed by atoms with E-state index in [1.807, 2.05) is 91.0 Å². The number of halogens is 1. The van der Waals surface area contributed by atoms with E-state index in [0.717, 1.165) is 21.0 Å². The molecule has 0 saturated carbocycles. The van der Waals surface area contributed by atoms with Gasteiger partial charge in [-0.3, -0.25) is 0 Å². The van der Waals surface area contributed by atoms with Crippen LogP contribution in [0.25, 0.3) is 10.8 Å². The molecule has 0 fully saturated rings. The average Bonchev–Trinajstić information content (AvgIpc) is 2.79. The SMILES string of the molecule is OC(C#Cc1ccccc1Oc1ccccc1)COc1ccc2ccccc2c1Br. The van der Waals surface area contributed by atoms with Gasteiger partial charge in [-0.05, 0) is 57.0 Å². The van der Waals surface area contributed by atoms with Crippen molar-refractivity contribution < 1.29 is 14.6 Å². The van der Waals surface area contributed by atoms with E-state index in [1.165, 1.54) is 0 Å². The van der Waals surface area contributed by atoms with Gasteiger partial charge in [0.25, 0.3) is 0 Å². The first-order valence-electron chi connectivity index (χ1n) is 9.52. The molecule has 4 rings (SSSR count). The van der Waals surface area contributed by atoms with Gasteiger partial charge in [0.2, 0.25) is 0 Å². The summed E-state index contributed by atoms with van der Waals surface area (Å²) in [7, 11) is 0. The average molecular weight is 459 g/mol. The van der Waals surface area contributed by atoms with Crippen molar-refractivity contribution in [2.24, 2.45) is 0 Å². The molecule has 4 aromatic rings. The molecule has 0 heterocycles. The van der Waals surface area contributed by atoms with Gasteiger partial charge in [-0.25, -0.2) is 0 Å². The molecule has 3 nitrogen and oxygen atoms in total. The van der Waals surface area contributed by atoms with Crippen LogP contribution in [-0.4, -0.2) is 17.8 Å². The number of hydrogen-bond acceptors (Lipinski definition) is 3. The van der Waals surface area contributed by atoms with E-state index < -0.39 is 6.10 Å². The van der Waals surface area contributed by atoms with E-state index in [-0.39, 0.29) is 6.61 Å². The zero-order valence-corrected chi connectivity index (χ0v) is 17.7. The third kappa shape index (κ3) is 4.83. The number of hydrogen-bond donors (Lipinski definition) is 1. The normalized spacial score (nSPS) is 11.4. The molecule has 0 amide bonds. The molecule has 1 unspecified atom stereocenters. The second-order valence-corrected chi connectivity index (χ2v) is 7.40. The molecule has 0 spiro atoms. The van der Waals surface area contributed by atoms with Crippen molar-refractivity contribution in [1.82, 2.24) is 0 Å². The first-order chi connectivity index (χ1) is 14.7. The van der Waals surface area contributed by atoms with Gasteiger partial charge in [0.05, 0.1) is 10.0 Å². The molecule has 148 valence electrons. The third-order valence-electron chi connectivity index (χ3n) is 4.46. The van der Waals surface area contributed by atoms with Crippen molar-refractivity contribution >= 4 is 26.7 Å². The number of aliphatic hydroxyl groups excluding tert-OH is 1. The van der Waals surface area contributed by atoms with E-state index in [4.69, 9.17) is 9.47 Å². The molecule has 0 aliphatic carbocycles. The number of fused-ring (bicyclic) bond motifs is 1. The van der Waals surface area contributed by atoms with Crippen molar-refractivity contribution in [1.29, 1.82) is 0 Å². The number of ether oxygens (including phenoxy) is 2. The minimum Gasteiger partial charge on any atom is -0.489 e. The Balaban J connectivity index is 1.45. The van der Waals surface area contributed by atoms with E-state index in [2.05, 4.69) is 27.8 Å². The van der Waals surface area contributed by atoms with Gasteiger partial charge in [0.15, 0.2) is 0 Å². The van der Waals surface area contributed by atoms with Crippen LogP contribution < -0.4 is 9.47 Å². The second kappa shape index (κ2) is 9.49. The van der Waals surface area contributed by atoms with E-state index in [1.54, 1.807) is 0 Å². The van der Waals surface area contributed by atoms with E-state index >= 15 is 0 Å². The van der Waals surface area contributed by atoms with Gasteiger partial charge in [-0.2, -0.15) is 0 Å². The van der Waals surface area contributed by atoms with Crippen molar-refractivity contribution in [2.45, 2.75) is 6.10 Å². The highest BCUT2D eigenvalue weighted by Crippen LogP contribution is 2.33. The Kier molecular flexibility index (Phi) is 6.34. The first kappa shape index (κ1) is 20.0. The summed E-state index contributed by atoms with van der Waals surface area (Å²) in [5.74, 6) is 7.88. The summed E-state index contributed by atoms with van der Waals surface area (Å²) in [5, 5.41) is 12.5. The Morgan fingerprint density at radius 1 is 0.800 bits per heavy atom. The second-order valence-electron chi connectivity index (χ2n) is 6.61. The molecule has 0 aliphatic rings. The van der Waals surface area contributed by atoms with Crippen molar-refractivity contribution in [2.75, 3.05) is 6.61 Å². The fourth-order valence-corrected chi connectivity index (χ4v) is 3.58. The topological polar surface area (TPSA) is 38.7 Å². The zero-order chi connectivity index (χ0) is 20.8. The van der Waals surface area contributed by atoms with Gasteiger partial charge >= 0.3 is 0 Å². The molecule has 0 aliphatic heterocycles. The van der Waals surface area contributed by atoms with Crippen molar-refractivity contribution in [3.63, 3.8) is 0 Å². The van der Waals surface area contributed by atoms with E-state index in [0.29, 0.717) is 17.1 Å². The summed E-state index contributed by atoms with van der Waals surface area (Å²) < 4.78 is 12.6. The predicted octanol–water partition coefficient (Wildman–Crippen LogP) is 6.19. The lowest BCUT2D eigenvalue weighted by atomic mass is 10.1. The lowest BCUT2D eigenvalue weighted by Crippen LogP contribution is -2.15. The molecular formula is C26H19BrO3. The molecule has 4 heteroatoms. The summed E-state index contributed by atoms with van der Waals surface area (Å²) in [6.45, 7) is 0.0612. The molecule has 0 saturated heterocycles. The number of para-hydroxylation sites is 2. The largest absolute Gasteiger partial charge is 0.489 e. The number of aliphatic hydroxyl groups is 1. The van der Waals surface area contributed by atoms with Crippen LogP contribution in [0.4, 0.5) is 0 Å². The van der Waals surface area contributed by atoms with Crippen LogP contribution in [-0.2, 0) is 0 Å². The van der Waals surface area contributed by atoms with Gasteiger partial charge in [-0.1, -0.05) is 72.5 Å². The summed E-state index contributed by atoms with van der Waals surface area (Å²) in [6, 6.07) is 28.9. The molecule has 1 N–H and O–H groups in total. The Labute approximate surface area is 184 Å². The monoisotopic (exact) mass is 458 g/mol. The lowest BCUT2D eigenvalue weighted by Gasteiger charge is -2.11. The summed E-state index contributed by atoms with van der Waals surface area (Å²) in [6.07, 6.45) is -0.937. The quantitative estimate of drug-likeness (QED) is 0.362. The van der Waals surface area contributed by atoms with Crippen LogP contribution in [0.2, 0.25) is 0 Å². The standard InChI is InChI=1S/C26H19BrO3/c27-26-23-12-6-4-8-19(23)15-17-25(26)29-18-21(28)16-14-20-9-5-7-13-24(20)30-22-10-2-1-3-11-22/h1-13,15,17,21,28H,18H2. The van der Waals surface area contributed by atoms with Crippen LogP contribution in [0.5, 0.6) is 17.2 Å². The third-order valence-corrected chi connectivity index (χ3v) is 5.27. The molecule has 1 atom stereocenters. The Morgan fingerprint density at radius 3 is 2.40 bits per heavy atom. The molecule has 0 aromatic heterocycles. The smallest absolute Gasteiger partial charge is 0.148 e. The Hall–Kier alpha value is -3.26. The predicted molar refractivity (Wildman–Crippen MR) is 123 cm³/mol. The number of benzene rings is 4. The van der Waals surface area contributed by atoms with Gasteiger partial charge in [0, 0.05) is 0 Å². The van der Waals surface area contributed by atoms with Gasteiger partial charge < -0.3 is 14.6 Å². The molecule has 0 radical (unpaired) electrons. The summed E-state index contributed by atoms with van der Waals surface area (Å²) >= 11 is 3.59. The fourth-order valence-electron chi connectivity index (χ4n) is 2.97. The van der Waals surface area contributed by atoms with Gasteiger partial charge in [0.1, 0.15) is 30.0 Å². The van der Waals surface area contributed by atoms with Crippen LogP contribution in [0, 0.1) is 11.8 Å². The minimum absolute atomic E-state index is 0.0612. The number of rotatable bonds is 5. The van der Waals surface area contributed by atoms with Crippen molar-refractivity contribution in [3.05, 3.63) is 101 Å². The maximum Gasteiger partial charge on any atom is 0.148 e. The maximum absolute atomic E-state index is 10.3. The van der Waals surface area contributed by atoms with Crippen LogP contribution in [0.15, 0.2) is 95.5 Å². The molecular weight excluding hydrogens is 440 g/mol. The Bertz CT molecular complexity index is 1210. The molecule has 4 aromatic carbocycles. The molecule has 30 heavy (non-hydrogen) atoms.